The summed E-state index contributed by atoms with van der Waals surface area (Å²) in [5.74, 6) is 0.577. The second kappa shape index (κ2) is 11.4. The fourth-order valence-electron chi connectivity index (χ4n) is 4.11. The van der Waals surface area contributed by atoms with E-state index in [-0.39, 0.29) is 0 Å². The van der Waals surface area contributed by atoms with Crippen molar-refractivity contribution in [1.82, 2.24) is 15.1 Å². The number of alkyl halides is 3. The van der Waals surface area contributed by atoms with Gasteiger partial charge in [-0.3, -0.25) is 0 Å². The molecule has 0 bridgehead atoms. The van der Waals surface area contributed by atoms with Crippen LogP contribution in [0, 0.1) is 12.8 Å². The molecule has 3 nitrogen and oxygen atoms in total. The van der Waals surface area contributed by atoms with Crippen molar-refractivity contribution in [3.8, 4) is 22.3 Å². The van der Waals surface area contributed by atoms with Crippen molar-refractivity contribution < 1.29 is 13.2 Å². The molecule has 180 valence electrons. The number of rotatable bonds is 10. The Morgan fingerprint density at radius 3 is 2.38 bits per heavy atom. The molecule has 1 heterocycles. The molecule has 0 aliphatic heterocycles. The van der Waals surface area contributed by atoms with E-state index in [0.717, 1.165) is 55.1 Å². The van der Waals surface area contributed by atoms with Gasteiger partial charge < -0.3 is 4.90 Å². The van der Waals surface area contributed by atoms with E-state index in [2.05, 4.69) is 59.9 Å². The molecule has 0 N–H and O–H groups in total. The maximum atomic E-state index is 13.1. The van der Waals surface area contributed by atoms with Crippen LogP contribution in [-0.4, -0.2) is 35.2 Å². The van der Waals surface area contributed by atoms with Crippen LogP contribution in [0.5, 0.6) is 0 Å². The lowest BCUT2D eigenvalue weighted by Gasteiger charge is -2.23. The average Bonchev–Trinajstić information content (AvgIpc) is 2.82. The molecular weight excluding hydrogens is 435 g/mol. The normalized spacial score (nSPS) is 12.7. The van der Waals surface area contributed by atoms with Gasteiger partial charge in [-0.05, 0) is 72.7 Å². The molecule has 0 aliphatic rings. The second-order valence-electron chi connectivity index (χ2n) is 8.87. The van der Waals surface area contributed by atoms with Crippen LogP contribution in [0.4, 0.5) is 13.2 Å². The fourth-order valence-corrected chi connectivity index (χ4v) is 4.11. The van der Waals surface area contributed by atoms with Crippen molar-refractivity contribution in [1.29, 1.82) is 0 Å². The Morgan fingerprint density at radius 2 is 1.74 bits per heavy atom. The van der Waals surface area contributed by atoms with Gasteiger partial charge in [-0.15, -0.1) is 11.7 Å². The van der Waals surface area contributed by atoms with Crippen molar-refractivity contribution in [2.24, 2.45) is 5.92 Å². The zero-order valence-electron chi connectivity index (χ0n) is 20.1. The number of hydrogen-bond acceptors (Lipinski definition) is 3. The van der Waals surface area contributed by atoms with Crippen LogP contribution in [0.3, 0.4) is 0 Å². The highest BCUT2D eigenvalue weighted by atomic mass is 19.4. The van der Waals surface area contributed by atoms with Gasteiger partial charge in [0.15, 0.2) is 5.69 Å². The molecule has 0 aliphatic carbocycles. The summed E-state index contributed by atoms with van der Waals surface area (Å²) in [7, 11) is 2.15. The number of nitrogens with zero attached hydrogens (tertiary/aromatic N) is 3. The highest BCUT2D eigenvalue weighted by Gasteiger charge is 2.33. The van der Waals surface area contributed by atoms with E-state index in [9.17, 15) is 13.2 Å². The summed E-state index contributed by atoms with van der Waals surface area (Å²) >= 11 is 0. The van der Waals surface area contributed by atoms with E-state index in [1.54, 1.807) is 0 Å². The molecule has 0 saturated carbocycles. The standard InChI is InChI=1S/C28H32F3N3/c1-5-7-14-34(4)19-21(6-2)15-22-9-12-23(13-10-22)26-16-24(11-8-20(26)3)25-17-27(28(29,30)31)33-32-18-25/h5,8-13,16-18,21H,1,6-7,14-15,19H2,2-4H3. The number of hydrogen-bond donors (Lipinski definition) is 0. The molecule has 0 saturated heterocycles. The summed E-state index contributed by atoms with van der Waals surface area (Å²) in [6.07, 6.45) is 1.91. The molecule has 0 fully saturated rings. The number of aromatic nitrogens is 2. The summed E-state index contributed by atoms with van der Waals surface area (Å²) in [5, 5.41) is 6.78. The van der Waals surface area contributed by atoms with Crippen molar-refractivity contribution >= 4 is 0 Å². The molecule has 6 heteroatoms. The van der Waals surface area contributed by atoms with Crippen molar-refractivity contribution in [3.05, 3.63) is 84.2 Å². The molecule has 1 atom stereocenters. The third-order valence-corrected chi connectivity index (χ3v) is 6.17. The summed E-state index contributed by atoms with van der Waals surface area (Å²) < 4.78 is 39.2. The van der Waals surface area contributed by atoms with Gasteiger partial charge in [-0.1, -0.05) is 55.8 Å². The van der Waals surface area contributed by atoms with Crippen molar-refractivity contribution in [3.63, 3.8) is 0 Å². The lowest BCUT2D eigenvalue weighted by atomic mass is 9.92. The molecule has 1 aromatic heterocycles. The van der Waals surface area contributed by atoms with E-state index in [1.807, 2.05) is 31.2 Å². The topological polar surface area (TPSA) is 29.0 Å². The first-order valence-electron chi connectivity index (χ1n) is 11.6. The summed E-state index contributed by atoms with van der Waals surface area (Å²) in [4.78, 5) is 2.36. The maximum absolute atomic E-state index is 13.1. The lowest BCUT2D eigenvalue weighted by molar-refractivity contribution is -0.141. The Morgan fingerprint density at radius 1 is 1.03 bits per heavy atom. The average molecular weight is 468 g/mol. The smallest absolute Gasteiger partial charge is 0.306 e. The van der Waals surface area contributed by atoms with Crippen LogP contribution in [0.25, 0.3) is 22.3 Å². The van der Waals surface area contributed by atoms with Crippen molar-refractivity contribution in [2.75, 3.05) is 20.1 Å². The predicted octanol–water partition coefficient (Wildman–Crippen LogP) is 7.21. The van der Waals surface area contributed by atoms with E-state index in [4.69, 9.17) is 0 Å². The third-order valence-electron chi connectivity index (χ3n) is 6.17. The molecule has 3 aromatic rings. The van der Waals surface area contributed by atoms with Crippen LogP contribution >= 0.6 is 0 Å². The molecule has 0 amide bonds. The first-order valence-corrected chi connectivity index (χ1v) is 11.6. The zero-order chi connectivity index (χ0) is 24.7. The highest BCUT2D eigenvalue weighted by Crippen LogP contribution is 2.33. The Labute approximate surface area is 200 Å². The quantitative estimate of drug-likeness (QED) is 0.295. The molecule has 0 radical (unpaired) electrons. The predicted molar refractivity (Wildman–Crippen MR) is 132 cm³/mol. The maximum Gasteiger partial charge on any atom is 0.435 e. The molecule has 1 unspecified atom stereocenters. The van der Waals surface area contributed by atoms with Gasteiger partial charge in [-0.25, -0.2) is 0 Å². The summed E-state index contributed by atoms with van der Waals surface area (Å²) in [6.45, 7) is 10.1. The minimum absolute atomic E-state index is 0.395. The molecule has 3 rings (SSSR count). The first kappa shape index (κ1) is 25.6. The molecule has 0 spiro atoms. The summed E-state index contributed by atoms with van der Waals surface area (Å²) in [6, 6.07) is 15.2. The van der Waals surface area contributed by atoms with E-state index < -0.39 is 11.9 Å². The SMILES string of the molecule is C=CCCN(C)CC(CC)Cc1ccc(-c2cc(-c3cnnc(C(F)(F)F)c3)ccc2C)cc1. The van der Waals surface area contributed by atoms with Gasteiger partial charge >= 0.3 is 6.18 Å². The monoisotopic (exact) mass is 467 g/mol. The van der Waals surface area contributed by atoms with Gasteiger partial charge in [0.2, 0.25) is 0 Å². The van der Waals surface area contributed by atoms with Gasteiger partial charge in [0, 0.05) is 18.7 Å². The highest BCUT2D eigenvalue weighted by molar-refractivity contribution is 5.75. The second-order valence-corrected chi connectivity index (χ2v) is 8.87. The number of halogens is 3. The van der Waals surface area contributed by atoms with Crippen LogP contribution < -0.4 is 0 Å². The Balaban J connectivity index is 1.79. The zero-order valence-corrected chi connectivity index (χ0v) is 20.1. The van der Waals surface area contributed by atoms with Crippen LogP contribution in [0.1, 0.15) is 36.6 Å². The van der Waals surface area contributed by atoms with E-state index in [0.29, 0.717) is 17.0 Å². The number of aryl methyl sites for hydroxylation is 1. The fraction of sp³-hybridized carbons (Fsp3) is 0.357. The van der Waals surface area contributed by atoms with E-state index in [1.165, 1.54) is 11.8 Å². The largest absolute Gasteiger partial charge is 0.435 e. The molecule has 2 aromatic carbocycles. The first-order chi connectivity index (χ1) is 16.2. The molecular formula is C28H32F3N3. The lowest BCUT2D eigenvalue weighted by Crippen LogP contribution is -2.27. The summed E-state index contributed by atoms with van der Waals surface area (Å²) in [5.41, 5.74) is 4.46. The van der Waals surface area contributed by atoms with Crippen LogP contribution in [-0.2, 0) is 12.6 Å². The van der Waals surface area contributed by atoms with Gasteiger partial charge in [0.05, 0.1) is 6.20 Å². The van der Waals surface area contributed by atoms with E-state index >= 15 is 0 Å². The molecule has 34 heavy (non-hydrogen) atoms. The minimum Gasteiger partial charge on any atom is -0.306 e. The van der Waals surface area contributed by atoms with Crippen molar-refractivity contribution in [2.45, 2.75) is 39.3 Å². The van der Waals surface area contributed by atoms with Crippen LogP contribution in [0.2, 0.25) is 0 Å². The third kappa shape index (κ3) is 6.76. The van der Waals surface area contributed by atoms with Gasteiger partial charge in [-0.2, -0.15) is 18.3 Å². The van der Waals surface area contributed by atoms with Gasteiger partial charge in [0.1, 0.15) is 0 Å². The Hall–Kier alpha value is -2.99. The Bertz CT molecular complexity index is 1090. The Kier molecular flexibility index (Phi) is 8.61. The van der Waals surface area contributed by atoms with Gasteiger partial charge in [0.25, 0.3) is 0 Å². The number of benzene rings is 2. The van der Waals surface area contributed by atoms with Crippen LogP contribution in [0.15, 0.2) is 67.4 Å². The minimum atomic E-state index is -4.52.